The minimum absolute atomic E-state index is 0.131. The topological polar surface area (TPSA) is 77.5 Å². The number of hydrogen-bond donors (Lipinski definition) is 1. The number of rotatable bonds is 6. The number of aromatic nitrogens is 1. The van der Waals surface area contributed by atoms with E-state index in [0.717, 1.165) is 10.8 Å². The molecule has 1 amide bonds. The van der Waals surface area contributed by atoms with Gasteiger partial charge in [-0.15, -0.1) is 0 Å². The van der Waals surface area contributed by atoms with E-state index in [1.165, 1.54) is 19.2 Å². The number of pyridine rings is 1. The second-order valence-electron chi connectivity index (χ2n) is 5.90. The zero-order chi connectivity index (χ0) is 20.1. The monoisotopic (exact) mass is 418 g/mol. The number of anilines is 1. The summed E-state index contributed by atoms with van der Waals surface area (Å²) in [7, 11) is 0. The molecular weight excluding hydrogens is 403 g/mol. The van der Waals surface area contributed by atoms with Crippen LogP contribution < -0.4 is 10.1 Å². The number of nitrogens with zero attached hydrogens (tertiary/aromatic N) is 1. The molecule has 0 aliphatic heterocycles. The number of halogens is 2. The molecule has 6 nitrogen and oxygen atoms in total. The lowest BCUT2D eigenvalue weighted by atomic mass is 10.1. The molecule has 0 unspecified atom stereocenters. The highest BCUT2D eigenvalue weighted by molar-refractivity contribution is 6.36. The summed E-state index contributed by atoms with van der Waals surface area (Å²) >= 11 is 11.7. The number of carbonyl (C=O) groups excluding carboxylic acids is 2. The average Bonchev–Trinajstić information content (AvgIpc) is 2.68. The third kappa shape index (κ3) is 5.12. The van der Waals surface area contributed by atoms with E-state index < -0.39 is 18.0 Å². The Morgan fingerprint density at radius 3 is 2.61 bits per heavy atom. The van der Waals surface area contributed by atoms with Crippen molar-refractivity contribution in [2.24, 2.45) is 0 Å². The second kappa shape index (κ2) is 8.91. The number of fused-ring (bicyclic) bond motifs is 1. The van der Waals surface area contributed by atoms with Gasteiger partial charge in [0.1, 0.15) is 5.75 Å². The van der Waals surface area contributed by atoms with Crippen LogP contribution >= 0.6 is 23.2 Å². The average molecular weight is 419 g/mol. The van der Waals surface area contributed by atoms with E-state index in [1.54, 1.807) is 6.07 Å². The van der Waals surface area contributed by atoms with Crippen molar-refractivity contribution in [3.8, 4) is 5.75 Å². The largest absolute Gasteiger partial charge is 0.482 e. The van der Waals surface area contributed by atoms with Crippen molar-refractivity contribution in [2.45, 2.75) is 13.0 Å². The van der Waals surface area contributed by atoms with Gasteiger partial charge in [0.05, 0.1) is 10.0 Å². The number of esters is 1. The number of amides is 1. The number of nitrogens with one attached hydrogen (secondary N) is 1. The van der Waals surface area contributed by atoms with Gasteiger partial charge in [-0.05, 0) is 35.9 Å². The van der Waals surface area contributed by atoms with Gasteiger partial charge in [-0.2, -0.15) is 0 Å². The molecule has 0 bridgehead atoms. The molecular formula is C20H16Cl2N2O4. The molecule has 0 saturated heterocycles. The third-order valence-electron chi connectivity index (χ3n) is 3.80. The quantitative estimate of drug-likeness (QED) is 0.596. The van der Waals surface area contributed by atoms with Crippen molar-refractivity contribution in [3.05, 3.63) is 64.8 Å². The van der Waals surface area contributed by atoms with Gasteiger partial charge in [0.2, 0.25) is 0 Å². The van der Waals surface area contributed by atoms with Crippen LogP contribution in [-0.4, -0.2) is 29.6 Å². The normalized spacial score (nSPS) is 11.7. The number of hydrogen-bond acceptors (Lipinski definition) is 5. The lowest BCUT2D eigenvalue weighted by Crippen LogP contribution is -2.32. The van der Waals surface area contributed by atoms with Crippen molar-refractivity contribution in [1.82, 2.24) is 4.98 Å². The maximum atomic E-state index is 12.1. The SMILES string of the molecule is C[C@H](OC(=O)COc1ccc2ccccc2c1)C(=O)Nc1ncc(Cl)cc1Cl. The van der Waals surface area contributed by atoms with Crippen molar-refractivity contribution >= 4 is 51.7 Å². The number of benzene rings is 2. The van der Waals surface area contributed by atoms with Crippen molar-refractivity contribution in [1.29, 1.82) is 0 Å². The van der Waals surface area contributed by atoms with Crippen LogP contribution in [0.1, 0.15) is 6.92 Å². The fourth-order valence-corrected chi connectivity index (χ4v) is 2.84. The van der Waals surface area contributed by atoms with Crippen LogP contribution in [0.5, 0.6) is 5.75 Å². The van der Waals surface area contributed by atoms with Crippen LogP contribution in [0.4, 0.5) is 5.82 Å². The van der Waals surface area contributed by atoms with Gasteiger partial charge in [0.15, 0.2) is 18.5 Å². The number of carbonyl (C=O) groups is 2. The van der Waals surface area contributed by atoms with Crippen LogP contribution in [0, 0.1) is 0 Å². The summed E-state index contributed by atoms with van der Waals surface area (Å²) in [6, 6.07) is 14.7. The molecule has 0 fully saturated rings. The molecule has 1 N–H and O–H groups in total. The highest BCUT2D eigenvalue weighted by Crippen LogP contribution is 2.23. The van der Waals surface area contributed by atoms with Crippen molar-refractivity contribution in [3.63, 3.8) is 0 Å². The van der Waals surface area contributed by atoms with Gasteiger partial charge in [0.25, 0.3) is 5.91 Å². The van der Waals surface area contributed by atoms with E-state index >= 15 is 0 Å². The molecule has 8 heteroatoms. The number of ether oxygens (including phenoxy) is 2. The molecule has 1 aromatic heterocycles. The van der Waals surface area contributed by atoms with Gasteiger partial charge >= 0.3 is 5.97 Å². The van der Waals surface area contributed by atoms with E-state index in [2.05, 4.69) is 10.3 Å². The Hall–Kier alpha value is -2.83. The maximum Gasteiger partial charge on any atom is 0.344 e. The fourth-order valence-electron chi connectivity index (χ4n) is 2.41. The lowest BCUT2D eigenvalue weighted by molar-refractivity contribution is -0.155. The molecule has 2 aromatic carbocycles. The van der Waals surface area contributed by atoms with Gasteiger partial charge in [-0.25, -0.2) is 9.78 Å². The first-order valence-electron chi connectivity index (χ1n) is 8.35. The minimum Gasteiger partial charge on any atom is -0.482 e. The van der Waals surface area contributed by atoms with Crippen LogP contribution in [0.2, 0.25) is 10.0 Å². The molecule has 3 rings (SSSR count). The molecule has 144 valence electrons. The summed E-state index contributed by atoms with van der Waals surface area (Å²) in [5, 5.41) is 5.06. The Kier molecular flexibility index (Phi) is 6.34. The molecule has 0 saturated carbocycles. The van der Waals surface area contributed by atoms with Crippen LogP contribution in [-0.2, 0) is 14.3 Å². The Morgan fingerprint density at radius 1 is 1.11 bits per heavy atom. The molecule has 1 atom stereocenters. The molecule has 0 spiro atoms. The van der Waals surface area contributed by atoms with E-state index in [0.29, 0.717) is 10.8 Å². The van der Waals surface area contributed by atoms with Gasteiger partial charge in [0, 0.05) is 6.20 Å². The lowest BCUT2D eigenvalue weighted by Gasteiger charge is -2.14. The van der Waals surface area contributed by atoms with Crippen LogP contribution in [0.15, 0.2) is 54.7 Å². The molecule has 3 aromatic rings. The standard InChI is InChI=1S/C20H16Cl2N2O4/c1-12(20(26)24-19-17(22)9-15(21)10-23-19)28-18(25)11-27-16-7-6-13-4-2-3-5-14(13)8-16/h2-10,12H,11H2,1H3,(H,23,24,26)/t12-/m0/s1. The summed E-state index contributed by atoms with van der Waals surface area (Å²) in [6.45, 7) is 1.11. The summed E-state index contributed by atoms with van der Waals surface area (Å²) in [6.07, 6.45) is 0.290. The first kappa shape index (κ1) is 19.9. The van der Waals surface area contributed by atoms with Crippen LogP contribution in [0.3, 0.4) is 0 Å². The van der Waals surface area contributed by atoms with Crippen LogP contribution in [0.25, 0.3) is 10.8 Å². The Labute approximate surface area is 171 Å². The van der Waals surface area contributed by atoms with E-state index in [9.17, 15) is 9.59 Å². The summed E-state index contributed by atoms with van der Waals surface area (Å²) in [5.74, 6) is -0.585. The molecule has 0 aliphatic carbocycles. The Bertz CT molecular complexity index is 1030. The summed E-state index contributed by atoms with van der Waals surface area (Å²) in [5.41, 5.74) is 0. The fraction of sp³-hybridized carbons (Fsp3) is 0.150. The summed E-state index contributed by atoms with van der Waals surface area (Å²) in [4.78, 5) is 28.0. The predicted octanol–water partition coefficient (Wildman–Crippen LogP) is 4.49. The Morgan fingerprint density at radius 2 is 1.86 bits per heavy atom. The van der Waals surface area contributed by atoms with Gasteiger partial charge < -0.3 is 14.8 Å². The van der Waals surface area contributed by atoms with E-state index in [-0.39, 0.29) is 17.4 Å². The predicted molar refractivity (Wildman–Crippen MR) is 108 cm³/mol. The first-order chi connectivity index (χ1) is 13.4. The third-order valence-corrected chi connectivity index (χ3v) is 4.30. The van der Waals surface area contributed by atoms with Gasteiger partial charge in [-0.1, -0.05) is 53.5 Å². The molecule has 28 heavy (non-hydrogen) atoms. The van der Waals surface area contributed by atoms with Crippen molar-refractivity contribution < 1.29 is 19.1 Å². The minimum atomic E-state index is -1.05. The highest BCUT2D eigenvalue weighted by Gasteiger charge is 2.19. The maximum absolute atomic E-state index is 12.1. The van der Waals surface area contributed by atoms with Gasteiger partial charge in [-0.3, -0.25) is 4.79 Å². The Balaban J connectivity index is 1.52. The summed E-state index contributed by atoms with van der Waals surface area (Å²) < 4.78 is 10.5. The highest BCUT2D eigenvalue weighted by atomic mass is 35.5. The zero-order valence-corrected chi connectivity index (χ0v) is 16.3. The molecule has 0 aliphatic rings. The molecule has 1 heterocycles. The first-order valence-corrected chi connectivity index (χ1v) is 9.11. The zero-order valence-electron chi connectivity index (χ0n) is 14.8. The van der Waals surface area contributed by atoms with E-state index in [4.69, 9.17) is 32.7 Å². The van der Waals surface area contributed by atoms with Crippen molar-refractivity contribution in [2.75, 3.05) is 11.9 Å². The second-order valence-corrected chi connectivity index (χ2v) is 6.75. The van der Waals surface area contributed by atoms with E-state index in [1.807, 2.05) is 36.4 Å². The smallest absolute Gasteiger partial charge is 0.344 e. The molecule has 0 radical (unpaired) electrons.